The van der Waals surface area contributed by atoms with Crippen molar-refractivity contribution in [3.63, 3.8) is 0 Å². The van der Waals surface area contributed by atoms with E-state index in [2.05, 4.69) is 15.4 Å². The van der Waals surface area contributed by atoms with Crippen molar-refractivity contribution < 1.29 is 24.2 Å². The van der Waals surface area contributed by atoms with E-state index in [9.17, 15) is 14.4 Å². The van der Waals surface area contributed by atoms with Crippen LogP contribution in [-0.2, 0) is 14.3 Å². The minimum Gasteiger partial charge on any atom is -0.467 e. The first kappa shape index (κ1) is 17.4. The fourth-order valence-corrected chi connectivity index (χ4v) is 2.10. The van der Waals surface area contributed by atoms with Crippen LogP contribution in [0.5, 0.6) is 0 Å². The molecule has 0 spiro atoms. The quantitative estimate of drug-likeness (QED) is 0.444. The number of halogens is 1. The lowest BCUT2D eigenvalue weighted by Gasteiger charge is -2.14. The largest absolute Gasteiger partial charge is 0.467 e. The van der Waals surface area contributed by atoms with E-state index in [0.29, 0.717) is 5.56 Å². The fraction of sp³-hybridized carbons (Fsp3) is 0.308. The predicted octanol–water partition coefficient (Wildman–Crippen LogP) is -0.329. The first-order valence-electron chi connectivity index (χ1n) is 6.00. The molecule has 3 N–H and O–H groups in total. The lowest BCUT2D eigenvalue weighted by molar-refractivity contribution is -0.146. The van der Waals surface area contributed by atoms with Crippen LogP contribution >= 0.6 is 22.6 Å². The first-order chi connectivity index (χ1) is 9.99. The highest BCUT2D eigenvalue weighted by molar-refractivity contribution is 14.1. The maximum atomic E-state index is 11.9. The number of carbonyl (C=O) groups excluding carboxylic acids is 3. The van der Waals surface area contributed by atoms with Crippen molar-refractivity contribution in [1.82, 2.24) is 10.6 Å². The molecule has 0 aliphatic carbocycles. The summed E-state index contributed by atoms with van der Waals surface area (Å²) in [6.45, 7) is -0.889. The molecule has 114 valence electrons. The van der Waals surface area contributed by atoms with Crippen LogP contribution in [-0.4, -0.2) is 49.2 Å². The Morgan fingerprint density at radius 3 is 2.57 bits per heavy atom. The van der Waals surface area contributed by atoms with Gasteiger partial charge in [-0.15, -0.1) is 0 Å². The smallest absolute Gasteiger partial charge is 0.330 e. The molecule has 1 aromatic rings. The van der Waals surface area contributed by atoms with Gasteiger partial charge in [-0.25, -0.2) is 4.79 Å². The molecule has 1 aromatic carbocycles. The summed E-state index contributed by atoms with van der Waals surface area (Å²) in [6.07, 6.45) is 0. The second-order valence-corrected chi connectivity index (χ2v) is 5.15. The van der Waals surface area contributed by atoms with Crippen molar-refractivity contribution in [3.8, 4) is 0 Å². The Bertz CT molecular complexity index is 535. The number of hydrogen-bond acceptors (Lipinski definition) is 5. The molecule has 0 aliphatic heterocycles. The molecule has 0 saturated carbocycles. The van der Waals surface area contributed by atoms with E-state index in [1.165, 1.54) is 0 Å². The Morgan fingerprint density at radius 1 is 1.33 bits per heavy atom. The molecule has 0 bridgehead atoms. The van der Waals surface area contributed by atoms with E-state index in [1.807, 2.05) is 22.6 Å². The summed E-state index contributed by atoms with van der Waals surface area (Å²) in [5.74, 6) is -1.75. The van der Waals surface area contributed by atoms with Gasteiger partial charge in [0.25, 0.3) is 5.91 Å². The molecule has 0 heterocycles. The fourth-order valence-electron chi connectivity index (χ4n) is 1.47. The van der Waals surface area contributed by atoms with Crippen LogP contribution < -0.4 is 10.6 Å². The highest BCUT2D eigenvalue weighted by atomic mass is 127. The lowest BCUT2D eigenvalue weighted by Crippen LogP contribution is -2.47. The molecule has 0 radical (unpaired) electrons. The van der Waals surface area contributed by atoms with Crippen molar-refractivity contribution in [2.75, 3.05) is 20.3 Å². The zero-order chi connectivity index (χ0) is 15.8. The van der Waals surface area contributed by atoms with Gasteiger partial charge in [0.1, 0.15) is 0 Å². The molecule has 21 heavy (non-hydrogen) atoms. The lowest BCUT2D eigenvalue weighted by atomic mass is 10.2. The first-order valence-corrected chi connectivity index (χ1v) is 7.08. The number of amides is 2. The Labute approximate surface area is 135 Å². The van der Waals surface area contributed by atoms with E-state index in [4.69, 9.17) is 5.11 Å². The maximum Gasteiger partial charge on any atom is 0.330 e. The van der Waals surface area contributed by atoms with Crippen LogP contribution in [0.4, 0.5) is 0 Å². The van der Waals surface area contributed by atoms with Crippen LogP contribution in [0.15, 0.2) is 24.3 Å². The van der Waals surface area contributed by atoms with Crippen molar-refractivity contribution in [2.45, 2.75) is 6.04 Å². The number of ether oxygens (including phenoxy) is 1. The van der Waals surface area contributed by atoms with E-state index in [0.717, 1.165) is 10.7 Å². The van der Waals surface area contributed by atoms with E-state index >= 15 is 0 Å². The number of aliphatic hydroxyl groups is 1. The molecule has 0 aromatic heterocycles. The summed E-state index contributed by atoms with van der Waals surface area (Å²) in [4.78, 5) is 34.7. The minimum atomic E-state index is -1.14. The molecule has 0 aliphatic rings. The van der Waals surface area contributed by atoms with Crippen LogP contribution in [0, 0.1) is 3.57 Å². The Morgan fingerprint density at radius 2 is 2.00 bits per heavy atom. The van der Waals surface area contributed by atoms with Crippen molar-refractivity contribution >= 4 is 40.4 Å². The number of rotatable bonds is 6. The standard InChI is InChI=1S/C13H15IN2O5/c1-21-13(20)10(7-17)16-11(18)6-15-12(19)8-4-2-3-5-9(8)14/h2-5,10,17H,6-7H2,1H3,(H,15,19)(H,16,18)/t10-/m1/s1. The number of benzene rings is 1. The van der Waals surface area contributed by atoms with E-state index < -0.39 is 30.4 Å². The zero-order valence-corrected chi connectivity index (χ0v) is 13.4. The monoisotopic (exact) mass is 406 g/mol. The average molecular weight is 406 g/mol. The van der Waals surface area contributed by atoms with Crippen LogP contribution in [0.2, 0.25) is 0 Å². The normalized spacial score (nSPS) is 11.4. The molecule has 0 fully saturated rings. The second kappa shape index (κ2) is 8.57. The predicted molar refractivity (Wildman–Crippen MR) is 82.5 cm³/mol. The summed E-state index contributed by atoms with van der Waals surface area (Å²) in [5.41, 5.74) is 0.456. The Kier molecular flexibility index (Phi) is 7.09. The number of carbonyl (C=O) groups is 3. The summed E-state index contributed by atoms with van der Waals surface area (Å²) >= 11 is 2.02. The minimum absolute atomic E-state index is 0.308. The van der Waals surface area contributed by atoms with Crippen molar-refractivity contribution in [3.05, 3.63) is 33.4 Å². The third kappa shape index (κ3) is 5.31. The molecule has 0 saturated heterocycles. The molecule has 7 nitrogen and oxygen atoms in total. The Hall–Kier alpha value is -1.68. The summed E-state index contributed by atoms with van der Waals surface area (Å²) in [5, 5.41) is 13.7. The molecule has 8 heteroatoms. The molecular formula is C13H15IN2O5. The van der Waals surface area contributed by atoms with Gasteiger partial charge in [-0.05, 0) is 34.7 Å². The van der Waals surface area contributed by atoms with Gasteiger partial charge in [-0.1, -0.05) is 12.1 Å². The van der Waals surface area contributed by atoms with E-state index in [-0.39, 0.29) is 6.54 Å². The van der Waals surface area contributed by atoms with Crippen LogP contribution in [0.3, 0.4) is 0 Å². The summed E-state index contributed by atoms with van der Waals surface area (Å²) < 4.78 is 5.17. The van der Waals surface area contributed by atoms with Gasteiger partial charge < -0.3 is 20.5 Å². The van der Waals surface area contributed by atoms with Gasteiger partial charge in [0.05, 0.1) is 25.8 Å². The third-order valence-electron chi connectivity index (χ3n) is 2.53. The zero-order valence-electron chi connectivity index (χ0n) is 11.3. The van der Waals surface area contributed by atoms with Gasteiger partial charge in [-0.3, -0.25) is 9.59 Å². The number of aliphatic hydroxyl groups excluding tert-OH is 1. The molecule has 1 rings (SSSR count). The maximum absolute atomic E-state index is 11.9. The van der Waals surface area contributed by atoms with Gasteiger partial charge in [0, 0.05) is 3.57 Å². The highest BCUT2D eigenvalue weighted by Crippen LogP contribution is 2.10. The molecular weight excluding hydrogens is 391 g/mol. The Balaban J connectivity index is 2.51. The van der Waals surface area contributed by atoms with E-state index in [1.54, 1.807) is 24.3 Å². The summed E-state index contributed by atoms with van der Waals surface area (Å²) in [7, 11) is 1.15. The number of hydrogen-bond donors (Lipinski definition) is 3. The number of methoxy groups -OCH3 is 1. The van der Waals surface area contributed by atoms with Gasteiger partial charge in [0.2, 0.25) is 5.91 Å². The van der Waals surface area contributed by atoms with Crippen molar-refractivity contribution in [2.24, 2.45) is 0 Å². The molecule has 2 amide bonds. The number of esters is 1. The third-order valence-corrected chi connectivity index (χ3v) is 3.47. The molecule has 0 unspecified atom stereocenters. The van der Waals surface area contributed by atoms with Crippen molar-refractivity contribution in [1.29, 1.82) is 0 Å². The second-order valence-electron chi connectivity index (χ2n) is 3.99. The SMILES string of the molecule is COC(=O)[C@@H](CO)NC(=O)CNC(=O)c1ccccc1I. The van der Waals surface area contributed by atoms with Gasteiger partial charge >= 0.3 is 5.97 Å². The van der Waals surface area contributed by atoms with Gasteiger partial charge in [-0.2, -0.15) is 0 Å². The average Bonchev–Trinajstić information content (AvgIpc) is 2.49. The summed E-state index contributed by atoms with van der Waals surface area (Å²) in [6, 6.07) is 5.79. The highest BCUT2D eigenvalue weighted by Gasteiger charge is 2.20. The van der Waals surface area contributed by atoms with Gasteiger partial charge in [0.15, 0.2) is 6.04 Å². The topological polar surface area (TPSA) is 105 Å². The van der Waals surface area contributed by atoms with Crippen LogP contribution in [0.1, 0.15) is 10.4 Å². The number of nitrogens with one attached hydrogen (secondary N) is 2. The molecule has 1 atom stereocenters. The van der Waals surface area contributed by atoms with Crippen LogP contribution in [0.25, 0.3) is 0 Å².